The Kier molecular flexibility index (Phi) is 18.8. The Morgan fingerprint density at radius 2 is 1.79 bits per heavy atom. The van der Waals surface area contributed by atoms with E-state index >= 15 is 0 Å². The van der Waals surface area contributed by atoms with E-state index in [4.69, 9.17) is 0 Å². The highest BCUT2D eigenvalue weighted by molar-refractivity contribution is 5.45. The lowest BCUT2D eigenvalue weighted by molar-refractivity contribution is -0.109. The van der Waals surface area contributed by atoms with Crippen LogP contribution in [0.25, 0.3) is 0 Å². The summed E-state index contributed by atoms with van der Waals surface area (Å²) in [6, 6.07) is 0.906. The molecule has 0 aromatic heterocycles. The van der Waals surface area contributed by atoms with E-state index in [1.165, 1.54) is 70.5 Å². The maximum atomic E-state index is 12.4. The van der Waals surface area contributed by atoms with Crippen molar-refractivity contribution in [2.75, 3.05) is 19.6 Å². The van der Waals surface area contributed by atoms with Gasteiger partial charge in [-0.3, -0.25) is 4.79 Å². The van der Waals surface area contributed by atoms with E-state index in [0.29, 0.717) is 19.4 Å². The summed E-state index contributed by atoms with van der Waals surface area (Å²) >= 11 is 0. The summed E-state index contributed by atoms with van der Waals surface area (Å²) in [6.07, 6.45) is 13.6. The number of allylic oxidation sites excluding steroid dienone is 5. The van der Waals surface area contributed by atoms with Crippen molar-refractivity contribution in [3.8, 4) is 0 Å². The van der Waals surface area contributed by atoms with Crippen LogP contribution in [-0.2, 0) is 4.79 Å². The molecule has 0 radical (unpaired) electrons. The van der Waals surface area contributed by atoms with Crippen molar-refractivity contribution < 1.29 is 18.0 Å². The molecule has 2 aliphatic rings. The van der Waals surface area contributed by atoms with Gasteiger partial charge in [0.15, 0.2) is 0 Å². The minimum absolute atomic E-state index is 0.266. The van der Waals surface area contributed by atoms with Crippen LogP contribution in [0, 0.1) is 5.92 Å². The first-order chi connectivity index (χ1) is 16.2. The molecule has 0 heterocycles. The van der Waals surface area contributed by atoms with Gasteiger partial charge in [-0.15, -0.1) is 0 Å². The smallest absolute Gasteiger partial charge is 0.358 e. The molecule has 0 saturated heterocycles. The summed E-state index contributed by atoms with van der Waals surface area (Å²) in [7, 11) is 0. The fourth-order valence-electron chi connectivity index (χ4n) is 4.32. The zero-order valence-electron chi connectivity index (χ0n) is 22.2. The Bertz CT molecular complexity index is 605. The van der Waals surface area contributed by atoms with Gasteiger partial charge in [0, 0.05) is 19.1 Å². The molecule has 1 saturated carbocycles. The maximum Gasteiger partial charge on any atom is 0.416 e. The Hall–Kier alpha value is -1.56. The number of rotatable bonds is 10. The Morgan fingerprint density at radius 3 is 2.32 bits per heavy atom. The van der Waals surface area contributed by atoms with Crippen LogP contribution in [0.15, 0.2) is 35.5 Å². The SMILES string of the molecule is CCC.CCCC(C)CN(CC)C1CCCCC1.O=CNCCC1=CC=CC(C(F)(F)F)=CC1. The van der Waals surface area contributed by atoms with Crippen LogP contribution in [0.2, 0.25) is 0 Å². The molecule has 1 fully saturated rings. The number of alkyl halides is 3. The average Bonchev–Trinajstić information content (AvgIpc) is 3.05. The topological polar surface area (TPSA) is 32.3 Å². The number of hydrogen-bond acceptors (Lipinski definition) is 2. The molecule has 0 spiro atoms. The summed E-state index contributed by atoms with van der Waals surface area (Å²) < 4.78 is 37.1. The monoisotopic (exact) mass is 486 g/mol. The van der Waals surface area contributed by atoms with E-state index < -0.39 is 11.7 Å². The van der Waals surface area contributed by atoms with Crippen LogP contribution in [0.3, 0.4) is 0 Å². The van der Waals surface area contributed by atoms with Crippen molar-refractivity contribution in [3.05, 3.63) is 35.5 Å². The zero-order chi connectivity index (χ0) is 25.8. The van der Waals surface area contributed by atoms with E-state index in [9.17, 15) is 18.0 Å². The average molecular weight is 487 g/mol. The summed E-state index contributed by atoms with van der Waals surface area (Å²) in [6.45, 7) is 14.3. The molecular weight excluding hydrogens is 437 g/mol. The summed E-state index contributed by atoms with van der Waals surface area (Å²) in [4.78, 5) is 12.7. The number of nitrogens with zero attached hydrogens (tertiary/aromatic N) is 1. The van der Waals surface area contributed by atoms with Crippen molar-refractivity contribution in [3.63, 3.8) is 0 Å². The predicted molar refractivity (Wildman–Crippen MR) is 139 cm³/mol. The minimum atomic E-state index is -4.29. The molecule has 1 atom stereocenters. The first-order valence-corrected chi connectivity index (χ1v) is 13.3. The first kappa shape index (κ1) is 32.4. The standard InChI is InChI=1S/C14H29N.C11H12F3NO.C3H8/c1-4-9-13(3)12-15(5-2)14-10-7-6-8-11-14;12-11(13,14)10-3-1-2-9(4-5-10)6-7-15-8-16;1-3-2/h13-14H,4-12H2,1-3H3;1-3,5,8H,4,6-7H2,(H,15,16);3H2,1-2H3. The summed E-state index contributed by atoms with van der Waals surface area (Å²) in [5.41, 5.74) is 0.243. The van der Waals surface area contributed by atoms with Crippen LogP contribution in [-0.4, -0.2) is 43.2 Å². The van der Waals surface area contributed by atoms with Gasteiger partial charge in [0.2, 0.25) is 6.41 Å². The van der Waals surface area contributed by atoms with Crippen LogP contribution < -0.4 is 5.32 Å². The molecule has 6 heteroatoms. The van der Waals surface area contributed by atoms with E-state index in [1.807, 2.05) is 0 Å². The van der Waals surface area contributed by atoms with Gasteiger partial charge >= 0.3 is 6.18 Å². The summed E-state index contributed by atoms with van der Waals surface area (Å²) in [5.74, 6) is 0.886. The zero-order valence-corrected chi connectivity index (χ0v) is 22.2. The highest BCUT2D eigenvalue weighted by Crippen LogP contribution is 2.29. The maximum absolute atomic E-state index is 12.4. The van der Waals surface area contributed by atoms with Gasteiger partial charge in [0.1, 0.15) is 0 Å². The fourth-order valence-corrected chi connectivity index (χ4v) is 4.32. The van der Waals surface area contributed by atoms with Gasteiger partial charge in [0.05, 0.1) is 5.57 Å². The normalized spacial score (nSPS) is 17.3. The molecular formula is C28H49F3N2O. The quantitative estimate of drug-likeness (QED) is 0.251. The molecule has 34 heavy (non-hydrogen) atoms. The van der Waals surface area contributed by atoms with Gasteiger partial charge in [-0.25, -0.2) is 0 Å². The second kappa shape index (κ2) is 19.7. The molecule has 0 aliphatic heterocycles. The second-order valence-corrected chi connectivity index (χ2v) is 9.35. The van der Waals surface area contributed by atoms with Gasteiger partial charge in [0.25, 0.3) is 0 Å². The molecule has 1 unspecified atom stereocenters. The molecule has 3 nitrogen and oxygen atoms in total. The van der Waals surface area contributed by atoms with Crippen LogP contribution in [0.4, 0.5) is 13.2 Å². The largest absolute Gasteiger partial charge is 0.416 e. The Morgan fingerprint density at radius 1 is 1.15 bits per heavy atom. The number of nitrogens with one attached hydrogen (secondary N) is 1. The molecule has 0 aromatic rings. The van der Waals surface area contributed by atoms with E-state index in [-0.39, 0.29) is 6.42 Å². The highest BCUT2D eigenvalue weighted by atomic mass is 19.4. The third-order valence-electron chi connectivity index (χ3n) is 6.02. The van der Waals surface area contributed by atoms with Gasteiger partial charge in [-0.1, -0.05) is 96.6 Å². The first-order valence-electron chi connectivity index (χ1n) is 13.3. The van der Waals surface area contributed by atoms with Crippen LogP contribution in [0.5, 0.6) is 0 Å². The van der Waals surface area contributed by atoms with Crippen LogP contribution in [0.1, 0.15) is 98.8 Å². The number of hydrogen-bond donors (Lipinski definition) is 1. The number of halogens is 3. The molecule has 0 aromatic carbocycles. The van der Waals surface area contributed by atoms with E-state index in [0.717, 1.165) is 29.7 Å². The third-order valence-corrected chi connectivity index (χ3v) is 6.02. The number of carbonyl (C=O) groups excluding carboxylic acids is 1. The highest BCUT2D eigenvalue weighted by Gasteiger charge is 2.31. The molecule has 2 aliphatic carbocycles. The molecule has 0 bridgehead atoms. The van der Waals surface area contributed by atoms with Crippen molar-refractivity contribution in [2.45, 2.75) is 111 Å². The van der Waals surface area contributed by atoms with Gasteiger partial charge in [-0.2, -0.15) is 13.2 Å². The fraction of sp³-hybridized carbons (Fsp3) is 0.750. The van der Waals surface area contributed by atoms with Gasteiger partial charge in [-0.05, 0) is 44.6 Å². The Labute approximate surface area is 206 Å². The molecule has 2 rings (SSSR count). The summed E-state index contributed by atoms with van der Waals surface area (Å²) in [5, 5.41) is 2.47. The number of amides is 1. The lowest BCUT2D eigenvalue weighted by atomic mass is 9.93. The Balaban J connectivity index is 0.000000575. The molecule has 1 N–H and O–H groups in total. The van der Waals surface area contributed by atoms with Crippen molar-refractivity contribution in [2.24, 2.45) is 5.92 Å². The second-order valence-electron chi connectivity index (χ2n) is 9.35. The lowest BCUT2D eigenvalue weighted by Gasteiger charge is -2.35. The van der Waals surface area contributed by atoms with E-state index in [1.54, 1.807) is 6.08 Å². The van der Waals surface area contributed by atoms with Crippen molar-refractivity contribution in [1.29, 1.82) is 0 Å². The minimum Gasteiger partial charge on any atom is -0.358 e. The van der Waals surface area contributed by atoms with Gasteiger partial charge < -0.3 is 10.2 Å². The molecule has 198 valence electrons. The van der Waals surface area contributed by atoms with E-state index in [2.05, 4.69) is 44.8 Å². The predicted octanol–water partition coefficient (Wildman–Crippen LogP) is 7.99. The third kappa shape index (κ3) is 15.4. The van der Waals surface area contributed by atoms with Crippen LogP contribution >= 0.6 is 0 Å². The molecule has 1 amide bonds. The lowest BCUT2D eigenvalue weighted by Crippen LogP contribution is -2.39. The van der Waals surface area contributed by atoms with Crippen molar-refractivity contribution in [1.82, 2.24) is 10.2 Å². The van der Waals surface area contributed by atoms with Crippen molar-refractivity contribution >= 4 is 6.41 Å². The number of carbonyl (C=O) groups is 1.